The third-order valence-electron chi connectivity index (χ3n) is 4.12. The molecule has 132 valence electrons. The summed E-state index contributed by atoms with van der Waals surface area (Å²) in [5.74, 6) is 0.0157. The van der Waals surface area contributed by atoms with Crippen molar-refractivity contribution in [2.75, 3.05) is 43.1 Å². The molecule has 1 aliphatic heterocycles. The molecular weight excluding hydrogens is 316 g/mol. The molecule has 1 aromatic heterocycles. The summed E-state index contributed by atoms with van der Waals surface area (Å²) in [5, 5.41) is 6.28. The van der Waals surface area contributed by atoms with Crippen molar-refractivity contribution in [1.29, 1.82) is 0 Å². The number of pyridine rings is 1. The molecule has 0 aliphatic carbocycles. The fraction of sp³-hybridized carbons (Fsp3) is 0.368. The van der Waals surface area contributed by atoms with Gasteiger partial charge in [0.1, 0.15) is 0 Å². The van der Waals surface area contributed by atoms with Crippen LogP contribution in [0.4, 0.5) is 11.4 Å². The Morgan fingerprint density at radius 2 is 1.92 bits per heavy atom. The molecule has 0 bridgehead atoms. The monoisotopic (exact) mass is 340 g/mol. The number of nitrogens with one attached hydrogen (secondary N) is 2. The molecule has 0 spiro atoms. The van der Waals surface area contributed by atoms with Crippen LogP contribution in [0.1, 0.15) is 12.1 Å². The predicted octanol–water partition coefficient (Wildman–Crippen LogP) is 2.04. The van der Waals surface area contributed by atoms with Crippen LogP contribution in [0.2, 0.25) is 0 Å². The predicted molar refractivity (Wildman–Crippen MR) is 98.7 cm³/mol. The Kier molecular flexibility index (Phi) is 6.23. The van der Waals surface area contributed by atoms with E-state index < -0.39 is 0 Å². The second-order valence-electron chi connectivity index (χ2n) is 5.89. The van der Waals surface area contributed by atoms with Gasteiger partial charge in [-0.3, -0.25) is 9.78 Å². The Hall–Kier alpha value is -2.60. The number of nitrogens with zero attached hydrogens (tertiary/aromatic N) is 2. The van der Waals surface area contributed by atoms with Crippen LogP contribution in [0.5, 0.6) is 0 Å². The minimum atomic E-state index is 0.0157. The number of hydrogen-bond donors (Lipinski definition) is 2. The van der Waals surface area contributed by atoms with Gasteiger partial charge in [-0.25, -0.2) is 0 Å². The molecule has 0 radical (unpaired) electrons. The van der Waals surface area contributed by atoms with Crippen LogP contribution in [0.25, 0.3) is 0 Å². The van der Waals surface area contributed by atoms with E-state index in [4.69, 9.17) is 4.74 Å². The number of ether oxygens (including phenoxy) is 1. The van der Waals surface area contributed by atoms with E-state index in [2.05, 4.69) is 32.7 Å². The second kappa shape index (κ2) is 9.03. The van der Waals surface area contributed by atoms with Gasteiger partial charge in [-0.1, -0.05) is 18.2 Å². The fourth-order valence-corrected chi connectivity index (χ4v) is 2.79. The molecule has 6 heteroatoms. The van der Waals surface area contributed by atoms with E-state index in [1.165, 1.54) is 5.69 Å². The van der Waals surface area contributed by atoms with Gasteiger partial charge in [0.15, 0.2) is 0 Å². The lowest BCUT2D eigenvalue weighted by atomic mass is 10.2. The Balaban J connectivity index is 1.46. The van der Waals surface area contributed by atoms with Gasteiger partial charge in [0, 0.05) is 32.3 Å². The van der Waals surface area contributed by atoms with E-state index in [9.17, 15) is 4.79 Å². The van der Waals surface area contributed by atoms with Crippen molar-refractivity contribution in [3.8, 4) is 0 Å². The van der Waals surface area contributed by atoms with Crippen molar-refractivity contribution in [3.05, 3.63) is 54.4 Å². The summed E-state index contributed by atoms with van der Waals surface area (Å²) in [6.07, 6.45) is 2.15. The van der Waals surface area contributed by atoms with Crippen molar-refractivity contribution in [3.63, 3.8) is 0 Å². The maximum atomic E-state index is 12.0. The molecule has 0 atom stereocenters. The number of carbonyl (C=O) groups excluding carboxylic acids is 1. The molecule has 6 nitrogen and oxygen atoms in total. The van der Waals surface area contributed by atoms with Crippen LogP contribution >= 0.6 is 0 Å². The van der Waals surface area contributed by atoms with Crippen molar-refractivity contribution in [1.82, 2.24) is 10.3 Å². The smallest absolute Gasteiger partial charge is 0.222 e. The fourth-order valence-electron chi connectivity index (χ4n) is 2.79. The minimum Gasteiger partial charge on any atom is -0.383 e. The lowest BCUT2D eigenvalue weighted by Gasteiger charge is -2.30. The average Bonchev–Trinajstić information content (AvgIpc) is 2.68. The molecule has 1 amide bonds. The summed E-state index contributed by atoms with van der Waals surface area (Å²) in [4.78, 5) is 18.5. The number of benzene rings is 1. The number of aromatic nitrogens is 1. The van der Waals surface area contributed by atoms with Gasteiger partial charge >= 0.3 is 0 Å². The third kappa shape index (κ3) is 5.19. The van der Waals surface area contributed by atoms with Gasteiger partial charge in [-0.15, -0.1) is 0 Å². The quantitative estimate of drug-likeness (QED) is 0.807. The summed E-state index contributed by atoms with van der Waals surface area (Å²) in [6.45, 7) is 4.35. The molecule has 0 unspecified atom stereocenters. The van der Waals surface area contributed by atoms with Crippen LogP contribution < -0.4 is 15.5 Å². The van der Waals surface area contributed by atoms with Crippen LogP contribution in [0.15, 0.2) is 48.7 Å². The van der Waals surface area contributed by atoms with Crippen LogP contribution in [0.3, 0.4) is 0 Å². The molecule has 1 aliphatic rings. The molecule has 2 aromatic rings. The van der Waals surface area contributed by atoms with E-state index in [0.717, 1.165) is 37.7 Å². The highest BCUT2D eigenvalue weighted by atomic mass is 16.5. The molecule has 0 saturated carbocycles. The Morgan fingerprint density at radius 3 is 2.72 bits per heavy atom. The van der Waals surface area contributed by atoms with E-state index in [-0.39, 0.29) is 5.91 Å². The highest BCUT2D eigenvalue weighted by Crippen LogP contribution is 2.26. The molecule has 1 fully saturated rings. The second-order valence-corrected chi connectivity index (χ2v) is 5.89. The van der Waals surface area contributed by atoms with E-state index in [1.807, 2.05) is 30.3 Å². The third-order valence-corrected chi connectivity index (χ3v) is 4.12. The van der Waals surface area contributed by atoms with Gasteiger partial charge < -0.3 is 20.3 Å². The summed E-state index contributed by atoms with van der Waals surface area (Å²) in [6, 6.07) is 13.9. The zero-order valence-electron chi connectivity index (χ0n) is 14.3. The maximum absolute atomic E-state index is 12.0. The number of para-hydroxylation sites is 2. The van der Waals surface area contributed by atoms with Crippen LogP contribution in [0, 0.1) is 0 Å². The largest absolute Gasteiger partial charge is 0.383 e. The van der Waals surface area contributed by atoms with E-state index >= 15 is 0 Å². The first-order valence-electron chi connectivity index (χ1n) is 8.65. The number of amides is 1. The van der Waals surface area contributed by atoms with E-state index in [1.54, 1.807) is 6.20 Å². The average molecular weight is 340 g/mol. The van der Waals surface area contributed by atoms with Crippen LogP contribution in [-0.4, -0.2) is 43.7 Å². The van der Waals surface area contributed by atoms with Crippen molar-refractivity contribution in [2.24, 2.45) is 0 Å². The van der Waals surface area contributed by atoms with Crippen molar-refractivity contribution in [2.45, 2.75) is 13.0 Å². The number of morpholine rings is 1. The van der Waals surface area contributed by atoms with Gasteiger partial charge in [-0.05, 0) is 24.3 Å². The molecule has 3 rings (SSSR count). The zero-order chi connectivity index (χ0) is 17.3. The van der Waals surface area contributed by atoms with Gasteiger partial charge in [-0.2, -0.15) is 0 Å². The van der Waals surface area contributed by atoms with Gasteiger partial charge in [0.25, 0.3) is 0 Å². The lowest BCUT2D eigenvalue weighted by Crippen LogP contribution is -2.36. The zero-order valence-corrected chi connectivity index (χ0v) is 14.3. The maximum Gasteiger partial charge on any atom is 0.222 e. The van der Waals surface area contributed by atoms with Gasteiger partial charge in [0.2, 0.25) is 5.91 Å². The molecule has 1 saturated heterocycles. The standard InChI is InChI=1S/C19H24N4O2/c24-19(22-15-16-5-3-4-9-20-16)8-10-21-17-6-1-2-7-18(17)23-11-13-25-14-12-23/h1-7,9,21H,8,10-15H2,(H,22,24). The van der Waals surface area contributed by atoms with Gasteiger partial charge in [0.05, 0.1) is 36.8 Å². The summed E-state index contributed by atoms with van der Waals surface area (Å²) >= 11 is 0. The van der Waals surface area contributed by atoms with Crippen LogP contribution in [-0.2, 0) is 16.1 Å². The van der Waals surface area contributed by atoms with Crippen molar-refractivity contribution >= 4 is 17.3 Å². The van der Waals surface area contributed by atoms with Crippen molar-refractivity contribution < 1.29 is 9.53 Å². The molecule has 2 heterocycles. The summed E-state index contributed by atoms with van der Waals surface area (Å²) in [5.41, 5.74) is 3.09. The molecule has 25 heavy (non-hydrogen) atoms. The Bertz CT molecular complexity index is 672. The van der Waals surface area contributed by atoms with E-state index in [0.29, 0.717) is 19.5 Å². The summed E-state index contributed by atoms with van der Waals surface area (Å²) < 4.78 is 5.42. The Morgan fingerprint density at radius 1 is 1.12 bits per heavy atom. The topological polar surface area (TPSA) is 66.5 Å². The highest BCUT2D eigenvalue weighted by molar-refractivity contribution is 5.77. The number of carbonyl (C=O) groups is 1. The Labute approximate surface area is 148 Å². The normalized spacial score (nSPS) is 14.2. The number of hydrogen-bond acceptors (Lipinski definition) is 5. The number of rotatable bonds is 7. The number of anilines is 2. The highest BCUT2D eigenvalue weighted by Gasteiger charge is 2.14. The summed E-state index contributed by atoms with van der Waals surface area (Å²) in [7, 11) is 0. The molecule has 1 aromatic carbocycles. The molecular formula is C19H24N4O2. The first kappa shape index (κ1) is 17.2. The first-order valence-corrected chi connectivity index (χ1v) is 8.65. The minimum absolute atomic E-state index is 0.0157. The SMILES string of the molecule is O=C(CCNc1ccccc1N1CCOCC1)NCc1ccccn1. The first-order chi connectivity index (χ1) is 12.3. The lowest BCUT2D eigenvalue weighted by molar-refractivity contribution is -0.121. The molecule has 2 N–H and O–H groups in total.